The summed E-state index contributed by atoms with van der Waals surface area (Å²) in [6, 6.07) is 13.3. The van der Waals surface area contributed by atoms with E-state index in [4.69, 9.17) is 19.9 Å². The molecule has 3 atom stereocenters. The van der Waals surface area contributed by atoms with Gasteiger partial charge in [0, 0.05) is 12.1 Å². The van der Waals surface area contributed by atoms with Crippen LogP contribution in [0.1, 0.15) is 19.4 Å². The second-order valence-electron chi connectivity index (χ2n) is 8.07. The van der Waals surface area contributed by atoms with Crippen molar-refractivity contribution in [2.45, 2.75) is 32.5 Å². The Morgan fingerprint density at radius 3 is 2.74 bits per heavy atom. The molecule has 2 aromatic carbocycles. The van der Waals surface area contributed by atoms with Gasteiger partial charge in [-0.1, -0.05) is 36.9 Å². The lowest BCUT2D eigenvalue weighted by Gasteiger charge is -2.36. The molecule has 0 bridgehead atoms. The number of anilines is 2. The number of carbonyl (C=O) groups is 1. The summed E-state index contributed by atoms with van der Waals surface area (Å²) >= 11 is 1.31. The number of ether oxygens (including phenoxy) is 2. The molecule has 2 heterocycles. The van der Waals surface area contributed by atoms with Crippen LogP contribution in [0.5, 0.6) is 11.5 Å². The van der Waals surface area contributed by atoms with E-state index < -0.39 is 0 Å². The van der Waals surface area contributed by atoms with E-state index in [2.05, 4.69) is 29.2 Å². The van der Waals surface area contributed by atoms with E-state index in [-0.39, 0.29) is 29.8 Å². The molecular formula is C24H30N6O3S. The number of hydrazine groups is 1. The zero-order valence-electron chi connectivity index (χ0n) is 19.7. The fourth-order valence-corrected chi connectivity index (χ4v) is 5.03. The van der Waals surface area contributed by atoms with Crippen molar-refractivity contribution in [3.8, 4) is 11.5 Å². The minimum atomic E-state index is -0.253. The van der Waals surface area contributed by atoms with Gasteiger partial charge in [0.15, 0.2) is 5.17 Å². The third-order valence-corrected chi connectivity index (χ3v) is 6.91. The molecule has 0 spiro atoms. The highest BCUT2D eigenvalue weighted by atomic mass is 32.2. The highest BCUT2D eigenvalue weighted by Crippen LogP contribution is 2.34. The van der Waals surface area contributed by atoms with Gasteiger partial charge in [-0.25, -0.2) is 10.4 Å². The van der Waals surface area contributed by atoms with Crippen LogP contribution < -0.4 is 30.5 Å². The highest BCUT2D eigenvalue weighted by Gasteiger charge is 2.44. The predicted octanol–water partition coefficient (Wildman–Crippen LogP) is 3.23. The van der Waals surface area contributed by atoms with Crippen molar-refractivity contribution in [3.63, 3.8) is 0 Å². The number of amidine groups is 2. The van der Waals surface area contributed by atoms with Crippen LogP contribution in [-0.2, 0) is 11.2 Å². The molecule has 180 valence electrons. The number of hydrogen-bond donors (Lipinski definition) is 4. The maximum atomic E-state index is 12.9. The predicted molar refractivity (Wildman–Crippen MR) is 137 cm³/mol. The number of aryl methyl sites for hydroxylation is 1. The number of carbonyl (C=O) groups excluding carboxylic acids is 1. The number of nitrogens with zero attached hydrogens (tertiary/aromatic N) is 2. The van der Waals surface area contributed by atoms with E-state index in [1.807, 2.05) is 30.0 Å². The van der Waals surface area contributed by atoms with Crippen LogP contribution >= 0.6 is 11.8 Å². The van der Waals surface area contributed by atoms with Crippen molar-refractivity contribution in [3.05, 3.63) is 48.0 Å². The SMILES string of the molecule is CCc1ccccc1N1C(=N)C2C(C)NNC2N=C1SCC(=O)Nc1cc(OC)ccc1OC. The summed E-state index contributed by atoms with van der Waals surface area (Å²) in [5.74, 6) is 1.44. The van der Waals surface area contributed by atoms with E-state index in [0.717, 1.165) is 17.7 Å². The van der Waals surface area contributed by atoms with Gasteiger partial charge >= 0.3 is 0 Å². The molecule has 2 aromatic rings. The quantitative estimate of drug-likeness (QED) is 0.479. The van der Waals surface area contributed by atoms with Crippen molar-refractivity contribution in [1.82, 2.24) is 10.9 Å². The number of methoxy groups -OCH3 is 2. The molecule has 4 N–H and O–H groups in total. The average Bonchev–Trinajstić information content (AvgIpc) is 3.23. The Morgan fingerprint density at radius 2 is 2.00 bits per heavy atom. The van der Waals surface area contributed by atoms with E-state index in [0.29, 0.717) is 28.2 Å². The lowest BCUT2D eigenvalue weighted by Crippen LogP contribution is -2.50. The van der Waals surface area contributed by atoms with Crippen molar-refractivity contribution >= 4 is 40.0 Å². The molecule has 0 aromatic heterocycles. The number of benzene rings is 2. The molecule has 0 saturated carbocycles. The Bertz CT molecular complexity index is 1110. The number of nitrogens with one attached hydrogen (secondary N) is 4. The molecule has 3 unspecified atom stereocenters. The van der Waals surface area contributed by atoms with Crippen LogP contribution in [0.4, 0.5) is 11.4 Å². The number of amides is 1. The Labute approximate surface area is 203 Å². The number of fused-ring (bicyclic) bond motifs is 1. The van der Waals surface area contributed by atoms with E-state index in [1.165, 1.54) is 11.8 Å². The normalized spacial score (nSPS) is 21.6. The first-order chi connectivity index (χ1) is 16.5. The van der Waals surface area contributed by atoms with Crippen molar-refractivity contribution < 1.29 is 14.3 Å². The topological polar surface area (TPSA) is 111 Å². The minimum absolute atomic E-state index is 0.0629. The third-order valence-electron chi connectivity index (χ3n) is 5.96. The van der Waals surface area contributed by atoms with Crippen LogP contribution in [0.15, 0.2) is 47.5 Å². The molecule has 0 radical (unpaired) electrons. The van der Waals surface area contributed by atoms with Gasteiger partial charge in [-0.15, -0.1) is 0 Å². The zero-order valence-corrected chi connectivity index (χ0v) is 20.5. The van der Waals surface area contributed by atoms with Crippen LogP contribution in [0.3, 0.4) is 0 Å². The molecule has 1 fully saturated rings. The third kappa shape index (κ3) is 4.75. The fourth-order valence-electron chi connectivity index (χ4n) is 4.19. The lowest BCUT2D eigenvalue weighted by molar-refractivity contribution is -0.113. The Kier molecular flexibility index (Phi) is 7.40. The summed E-state index contributed by atoms with van der Waals surface area (Å²) in [6.07, 6.45) is 0.574. The second kappa shape index (κ2) is 10.5. The highest BCUT2D eigenvalue weighted by molar-refractivity contribution is 8.14. The number of rotatable bonds is 7. The van der Waals surface area contributed by atoms with Gasteiger partial charge in [0.2, 0.25) is 5.91 Å². The first kappa shape index (κ1) is 24.1. The van der Waals surface area contributed by atoms with E-state index in [9.17, 15) is 4.79 Å². The monoisotopic (exact) mass is 482 g/mol. The number of aliphatic imine (C=N–C) groups is 1. The lowest BCUT2D eigenvalue weighted by atomic mass is 9.96. The smallest absolute Gasteiger partial charge is 0.234 e. The van der Waals surface area contributed by atoms with E-state index in [1.54, 1.807) is 32.4 Å². The van der Waals surface area contributed by atoms with Crippen LogP contribution in [-0.4, -0.2) is 49.1 Å². The van der Waals surface area contributed by atoms with Gasteiger partial charge in [-0.2, -0.15) is 0 Å². The number of para-hydroxylation sites is 1. The molecule has 2 aliphatic heterocycles. The van der Waals surface area contributed by atoms with Crippen LogP contribution in [0.2, 0.25) is 0 Å². The summed E-state index contributed by atoms with van der Waals surface area (Å²) in [5.41, 5.74) is 8.95. The molecular weight excluding hydrogens is 452 g/mol. The Balaban J connectivity index is 1.57. The molecule has 10 heteroatoms. The fraction of sp³-hybridized carbons (Fsp3) is 0.375. The maximum absolute atomic E-state index is 12.9. The first-order valence-electron chi connectivity index (χ1n) is 11.2. The van der Waals surface area contributed by atoms with Gasteiger partial charge < -0.3 is 14.8 Å². The maximum Gasteiger partial charge on any atom is 0.234 e. The minimum Gasteiger partial charge on any atom is -0.497 e. The van der Waals surface area contributed by atoms with Crippen LogP contribution in [0.25, 0.3) is 0 Å². The molecule has 34 heavy (non-hydrogen) atoms. The molecule has 0 aliphatic carbocycles. The van der Waals surface area contributed by atoms with Crippen molar-refractivity contribution in [2.75, 3.05) is 30.2 Å². The number of hydrogen-bond acceptors (Lipinski definition) is 8. The standard InChI is InChI=1S/C24H30N6O3S/c1-5-15-8-6-7-9-18(15)30-22(25)21-14(2)28-29-23(21)27-24(30)34-13-20(31)26-17-12-16(32-3)10-11-19(17)33-4/h6-12,14,21,23,25,28-29H,5,13H2,1-4H3,(H,26,31). The Morgan fingerprint density at radius 1 is 1.21 bits per heavy atom. The summed E-state index contributed by atoms with van der Waals surface area (Å²) < 4.78 is 10.6. The number of thioether (sulfide) groups is 1. The summed E-state index contributed by atoms with van der Waals surface area (Å²) in [5, 5.41) is 12.5. The largest absolute Gasteiger partial charge is 0.497 e. The average molecular weight is 483 g/mol. The molecule has 9 nitrogen and oxygen atoms in total. The first-order valence-corrected chi connectivity index (χ1v) is 12.1. The molecule has 4 rings (SSSR count). The summed E-state index contributed by atoms with van der Waals surface area (Å²) in [4.78, 5) is 19.6. The molecule has 1 amide bonds. The van der Waals surface area contributed by atoms with Gasteiger partial charge in [0.25, 0.3) is 0 Å². The van der Waals surface area contributed by atoms with Gasteiger partial charge in [0.05, 0.1) is 37.3 Å². The van der Waals surface area contributed by atoms with Gasteiger partial charge in [0.1, 0.15) is 23.5 Å². The molecule has 2 aliphatic rings. The van der Waals surface area contributed by atoms with Crippen molar-refractivity contribution in [2.24, 2.45) is 10.9 Å². The van der Waals surface area contributed by atoms with Gasteiger partial charge in [-0.05, 0) is 37.1 Å². The second-order valence-corrected chi connectivity index (χ2v) is 9.01. The summed E-state index contributed by atoms with van der Waals surface area (Å²) in [7, 11) is 3.12. The van der Waals surface area contributed by atoms with Crippen molar-refractivity contribution in [1.29, 1.82) is 5.41 Å². The molecule has 1 saturated heterocycles. The van der Waals surface area contributed by atoms with Crippen LogP contribution in [0, 0.1) is 11.3 Å². The summed E-state index contributed by atoms with van der Waals surface area (Å²) in [6.45, 7) is 4.13. The van der Waals surface area contributed by atoms with E-state index >= 15 is 0 Å². The Hall–Kier alpha value is -3.08. The van der Waals surface area contributed by atoms with Gasteiger partial charge in [-0.3, -0.25) is 20.5 Å². The zero-order chi connectivity index (χ0) is 24.2.